The van der Waals surface area contributed by atoms with Gasteiger partial charge in [-0.05, 0) is 31.0 Å². The van der Waals surface area contributed by atoms with Crippen molar-refractivity contribution in [1.82, 2.24) is 9.80 Å². The number of nitrogens with zero attached hydrogens (tertiary/aromatic N) is 2. The van der Waals surface area contributed by atoms with Crippen LogP contribution in [0.4, 0.5) is 10.1 Å². The Labute approximate surface area is 156 Å². The highest BCUT2D eigenvalue weighted by atomic mass is 19.1. The average Bonchev–Trinajstić information content (AvgIpc) is 2.87. The molecule has 1 aromatic rings. The standard InChI is InChI=1S/C19H22FN3O4/c1-22(10-16(24)21-13-6-4-5-12(20)9-13)17(25)11-23-18(26)14-7-2-3-8-15(14)19(23)27/h4-6,9,14-15H,2-3,7-8,10-11H2,1H3,(H,21,24)/t14-,15-/m1/s1. The van der Waals surface area contributed by atoms with Gasteiger partial charge in [0.2, 0.25) is 23.6 Å². The van der Waals surface area contributed by atoms with Crippen molar-refractivity contribution in [3.05, 3.63) is 30.1 Å². The third-order valence-electron chi connectivity index (χ3n) is 5.14. The van der Waals surface area contributed by atoms with Crippen LogP contribution in [0.25, 0.3) is 0 Å². The second-order valence-electron chi connectivity index (χ2n) is 7.07. The summed E-state index contributed by atoms with van der Waals surface area (Å²) in [6, 6.07) is 5.42. The molecule has 1 N–H and O–H groups in total. The molecule has 0 aromatic heterocycles. The highest BCUT2D eigenvalue weighted by molar-refractivity contribution is 6.07. The lowest BCUT2D eigenvalue weighted by Gasteiger charge is -2.20. The molecule has 7 nitrogen and oxygen atoms in total. The van der Waals surface area contributed by atoms with Crippen LogP contribution in [-0.2, 0) is 19.2 Å². The van der Waals surface area contributed by atoms with Gasteiger partial charge in [0.05, 0.1) is 18.4 Å². The minimum absolute atomic E-state index is 0.265. The van der Waals surface area contributed by atoms with Gasteiger partial charge in [-0.15, -0.1) is 0 Å². The van der Waals surface area contributed by atoms with Crippen molar-refractivity contribution in [2.45, 2.75) is 25.7 Å². The van der Waals surface area contributed by atoms with Crippen molar-refractivity contribution in [1.29, 1.82) is 0 Å². The Morgan fingerprint density at radius 3 is 2.41 bits per heavy atom. The minimum atomic E-state index is -0.496. The fraction of sp³-hybridized carbons (Fsp3) is 0.474. The maximum atomic E-state index is 13.1. The molecule has 1 aliphatic heterocycles. The van der Waals surface area contributed by atoms with E-state index < -0.39 is 17.6 Å². The van der Waals surface area contributed by atoms with E-state index in [4.69, 9.17) is 0 Å². The van der Waals surface area contributed by atoms with Crippen LogP contribution in [0.5, 0.6) is 0 Å². The summed E-state index contributed by atoms with van der Waals surface area (Å²) in [5, 5.41) is 2.50. The molecule has 2 aliphatic rings. The molecule has 1 heterocycles. The monoisotopic (exact) mass is 375 g/mol. The third-order valence-corrected chi connectivity index (χ3v) is 5.14. The molecule has 1 saturated heterocycles. The molecule has 2 fully saturated rings. The van der Waals surface area contributed by atoms with Gasteiger partial charge in [-0.1, -0.05) is 18.9 Å². The van der Waals surface area contributed by atoms with Gasteiger partial charge < -0.3 is 10.2 Å². The quantitative estimate of drug-likeness (QED) is 0.788. The van der Waals surface area contributed by atoms with Crippen LogP contribution in [0.1, 0.15) is 25.7 Å². The molecule has 1 aromatic carbocycles. The largest absolute Gasteiger partial charge is 0.335 e. The number of benzene rings is 1. The Kier molecular flexibility index (Phi) is 5.53. The Morgan fingerprint density at radius 1 is 1.19 bits per heavy atom. The molecule has 0 bridgehead atoms. The molecule has 2 atom stereocenters. The van der Waals surface area contributed by atoms with Gasteiger partial charge in [0.25, 0.3) is 0 Å². The maximum absolute atomic E-state index is 13.1. The van der Waals surface area contributed by atoms with E-state index >= 15 is 0 Å². The number of anilines is 1. The zero-order valence-electron chi connectivity index (χ0n) is 15.1. The summed E-state index contributed by atoms with van der Waals surface area (Å²) in [5.74, 6) is -2.65. The van der Waals surface area contributed by atoms with Crippen molar-refractivity contribution in [3.63, 3.8) is 0 Å². The van der Waals surface area contributed by atoms with Crippen molar-refractivity contribution in [3.8, 4) is 0 Å². The molecule has 1 aliphatic carbocycles. The summed E-state index contributed by atoms with van der Waals surface area (Å²) in [6.45, 7) is -0.618. The van der Waals surface area contributed by atoms with Crippen LogP contribution < -0.4 is 5.32 Å². The Balaban J connectivity index is 1.55. The van der Waals surface area contributed by atoms with Gasteiger partial charge in [-0.3, -0.25) is 24.1 Å². The number of likely N-dealkylation sites (N-methyl/N-ethyl adjacent to an activating group) is 1. The Hall–Kier alpha value is -2.77. The van der Waals surface area contributed by atoms with E-state index in [0.717, 1.165) is 22.6 Å². The molecule has 1 saturated carbocycles. The predicted molar refractivity (Wildman–Crippen MR) is 94.8 cm³/mol. The number of imide groups is 1. The highest BCUT2D eigenvalue weighted by Crippen LogP contribution is 2.37. The van der Waals surface area contributed by atoms with Gasteiger partial charge in [0.1, 0.15) is 12.4 Å². The minimum Gasteiger partial charge on any atom is -0.335 e. The van der Waals surface area contributed by atoms with E-state index in [1.54, 1.807) is 0 Å². The number of fused-ring (bicyclic) bond motifs is 1. The van der Waals surface area contributed by atoms with Crippen molar-refractivity contribution >= 4 is 29.3 Å². The predicted octanol–water partition coefficient (Wildman–Crippen LogP) is 1.40. The number of rotatable bonds is 5. The summed E-state index contributed by atoms with van der Waals surface area (Å²) >= 11 is 0. The number of hydrogen-bond acceptors (Lipinski definition) is 4. The van der Waals surface area contributed by atoms with Crippen LogP contribution in [0.3, 0.4) is 0 Å². The normalized spacial score (nSPS) is 21.8. The van der Waals surface area contributed by atoms with Crippen LogP contribution in [0.2, 0.25) is 0 Å². The molecule has 0 unspecified atom stereocenters. The van der Waals surface area contributed by atoms with E-state index in [9.17, 15) is 23.6 Å². The highest BCUT2D eigenvalue weighted by Gasteiger charge is 2.48. The first-order chi connectivity index (χ1) is 12.9. The topological polar surface area (TPSA) is 86.8 Å². The smallest absolute Gasteiger partial charge is 0.243 e. The molecular formula is C19H22FN3O4. The molecule has 3 rings (SSSR count). The Bertz CT molecular complexity index is 758. The number of nitrogens with one attached hydrogen (secondary N) is 1. The molecule has 4 amide bonds. The van der Waals surface area contributed by atoms with Crippen molar-refractivity contribution in [2.75, 3.05) is 25.5 Å². The first kappa shape index (κ1) is 19.0. The molecule has 8 heteroatoms. The second kappa shape index (κ2) is 7.85. The Morgan fingerprint density at radius 2 is 1.81 bits per heavy atom. The third kappa shape index (κ3) is 4.15. The fourth-order valence-electron chi connectivity index (χ4n) is 3.71. The first-order valence-corrected chi connectivity index (χ1v) is 9.01. The molecular weight excluding hydrogens is 353 g/mol. The number of carbonyl (C=O) groups excluding carboxylic acids is 4. The van der Waals surface area contributed by atoms with E-state index in [1.165, 1.54) is 31.3 Å². The lowest BCUT2D eigenvalue weighted by molar-refractivity contribution is -0.146. The zero-order valence-corrected chi connectivity index (χ0v) is 15.1. The lowest BCUT2D eigenvalue weighted by Crippen LogP contribution is -2.44. The number of carbonyl (C=O) groups is 4. The van der Waals surface area contributed by atoms with E-state index in [2.05, 4.69) is 5.32 Å². The van der Waals surface area contributed by atoms with Crippen LogP contribution >= 0.6 is 0 Å². The molecule has 0 spiro atoms. The summed E-state index contributed by atoms with van der Waals surface area (Å²) < 4.78 is 13.1. The second-order valence-corrected chi connectivity index (χ2v) is 7.07. The summed E-state index contributed by atoms with van der Waals surface area (Å²) in [6.07, 6.45) is 3.21. The number of halogens is 1. The van der Waals surface area contributed by atoms with E-state index in [0.29, 0.717) is 12.8 Å². The van der Waals surface area contributed by atoms with E-state index in [-0.39, 0.29) is 42.4 Å². The fourth-order valence-corrected chi connectivity index (χ4v) is 3.71. The molecule has 27 heavy (non-hydrogen) atoms. The number of amides is 4. The SMILES string of the molecule is CN(CC(=O)Nc1cccc(F)c1)C(=O)CN1C(=O)[C@@H]2CCCC[C@H]2C1=O. The number of hydrogen-bond donors (Lipinski definition) is 1. The van der Waals surface area contributed by atoms with E-state index in [1.807, 2.05) is 0 Å². The average molecular weight is 375 g/mol. The molecule has 0 radical (unpaired) electrons. The summed E-state index contributed by atoms with van der Waals surface area (Å²) in [5.41, 5.74) is 0.287. The van der Waals surface area contributed by atoms with Crippen molar-refractivity contribution < 1.29 is 23.6 Å². The van der Waals surface area contributed by atoms with Crippen LogP contribution in [-0.4, -0.2) is 53.6 Å². The van der Waals surface area contributed by atoms with Gasteiger partial charge in [0.15, 0.2) is 0 Å². The summed E-state index contributed by atoms with van der Waals surface area (Å²) in [7, 11) is 1.42. The van der Waals surface area contributed by atoms with Gasteiger partial charge in [0, 0.05) is 12.7 Å². The first-order valence-electron chi connectivity index (χ1n) is 9.01. The van der Waals surface area contributed by atoms with Crippen LogP contribution in [0, 0.1) is 17.7 Å². The van der Waals surface area contributed by atoms with Crippen molar-refractivity contribution in [2.24, 2.45) is 11.8 Å². The zero-order chi connectivity index (χ0) is 19.6. The maximum Gasteiger partial charge on any atom is 0.243 e. The van der Waals surface area contributed by atoms with Crippen LogP contribution in [0.15, 0.2) is 24.3 Å². The van der Waals surface area contributed by atoms with Gasteiger partial charge in [-0.2, -0.15) is 0 Å². The van der Waals surface area contributed by atoms with Gasteiger partial charge >= 0.3 is 0 Å². The van der Waals surface area contributed by atoms with Gasteiger partial charge in [-0.25, -0.2) is 4.39 Å². The summed E-state index contributed by atoms with van der Waals surface area (Å²) in [4.78, 5) is 51.4. The molecule has 144 valence electrons. The lowest BCUT2D eigenvalue weighted by atomic mass is 9.81. The number of likely N-dealkylation sites (tertiary alicyclic amines) is 1.